The summed E-state index contributed by atoms with van der Waals surface area (Å²) in [6, 6.07) is 4.40. The van der Waals surface area contributed by atoms with Crippen molar-refractivity contribution in [3.05, 3.63) is 35.9 Å². The van der Waals surface area contributed by atoms with Crippen molar-refractivity contribution in [3.63, 3.8) is 0 Å². The van der Waals surface area contributed by atoms with E-state index in [1.807, 2.05) is 0 Å². The Morgan fingerprint density at radius 2 is 2.07 bits per heavy atom. The SMILES string of the molecule is CC[n+]1ccn2c(C)ccc2c1C(C)C. The Hall–Kier alpha value is -1.31. The quantitative estimate of drug-likeness (QED) is 0.663. The third-order valence-corrected chi connectivity index (χ3v) is 2.98. The Kier molecular flexibility index (Phi) is 2.51. The molecule has 0 aliphatic rings. The summed E-state index contributed by atoms with van der Waals surface area (Å²) in [6.07, 6.45) is 4.33. The maximum Gasteiger partial charge on any atom is 0.208 e. The fourth-order valence-electron chi connectivity index (χ4n) is 2.23. The normalized spacial score (nSPS) is 11.5. The molecule has 0 unspecified atom stereocenters. The molecule has 0 radical (unpaired) electrons. The molecule has 0 amide bonds. The van der Waals surface area contributed by atoms with E-state index in [0.717, 1.165) is 6.54 Å². The molecule has 0 bridgehead atoms. The molecule has 0 fully saturated rings. The molecular formula is C13H19N2+. The first-order valence-corrected chi connectivity index (χ1v) is 5.65. The molecule has 2 heteroatoms. The van der Waals surface area contributed by atoms with Crippen molar-refractivity contribution in [2.75, 3.05) is 0 Å². The van der Waals surface area contributed by atoms with Gasteiger partial charge in [0.25, 0.3) is 0 Å². The van der Waals surface area contributed by atoms with E-state index in [1.54, 1.807) is 0 Å². The highest BCUT2D eigenvalue weighted by Gasteiger charge is 2.18. The molecule has 2 aromatic rings. The lowest BCUT2D eigenvalue weighted by atomic mass is 10.1. The van der Waals surface area contributed by atoms with Crippen LogP contribution in [0.4, 0.5) is 0 Å². The number of aryl methyl sites for hydroxylation is 2. The van der Waals surface area contributed by atoms with Crippen LogP contribution in [0.5, 0.6) is 0 Å². The average molecular weight is 203 g/mol. The van der Waals surface area contributed by atoms with Gasteiger partial charge in [0.1, 0.15) is 12.1 Å². The molecule has 2 aromatic heterocycles. The summed E-state index contributed by atoms with van der Waals surface area (Å²) in [4.78, 5) is 0. The maximum atomic E-state index is 2.33. The zero-order valence-electron chi connectivity index (χ0n) is 9.99. The van der Waals surface area contributed by atoms with Gasteiger partial charge in [-0.2, -0.15) is 4.57 Å². The van der Waals surface area contributed by atoms with Crippen molar-refractivity contribution < 1.29 is 4.57 Å². The van der Waals surface area contributed by atoms with E-state index in [9.17, 15) is 0 Å². The minimum Gasteiger partial charge on any atom is -0.310 e. The Labute approximate surface area is 91.2 Å². The third kappa shape index (κ3) is 1.54. The van der Waals surface area contributed by atoms with Gasteiger partial charge in [-0.3, -0.25) is 0 Å². The van der Waals surface area contributed by atoms with Crippen molar-refractivity contribution in [2.24, 2.45) is 0 Å². The lowest BCUT2D eigenvalue weighted by Crippen LogP contribution is -2.38. The van der Waals surface area contributed by atoms with Gasteiger partial charge in [0.15, 0.2) is 6.20 Å². The first-order valence-electron chi connectivity index (χ1n) is 5.65. The van der Waals surface area contributed by atoms with E-state index in [0.29, 0.717) is 5.92 Å². The van der Waals surface area contributed by atoms with E-state index in [4.69, 9.17) is 0 Å². The summed E-state index contributed by atoms with van der Waals surface area (Å²) in [7, 11) is 0. The van der Waals surface area contributed by atoms with Crippen LogP contribution in [0, 0.1) is 6.92 Å². The van der Waals surface area contributed by atoms with Crippen molar-refractivity contribution in [3.8, 4) is 0 Å². The van der Waals surface area contributed by atoms with Gasteiger partial charge in [-0.1, -0.05) is 13.8 Å². The highest BCUT2D eigenvalue weighted by atomic mass is 15.0. The summed E-state index contributed by atoms with van der Waals surface area (Å²) < 4.78 is 4.60. The van der Waals surface area contributed by atoms with E-state index < -0.39 is 0 Å². The van der Waals surface area contributed by atoms with Gasteiger partial charge in [0, 0.05) is 11.6 Å². The minimum absolute atomic E-state index is 0.558. The van der Waals surface area contributed by atoms with Crippen LogP contribution in [-0.4, -0.2) is 4.40 Å². The second-order valence-corrected chi connectivity index (χ2v) is 4.35. The van der Waals surface area contributed by atoms with E-state index >= 15 is 0 Å². The smallest absolute Gasteiger partial charge is 0.208 e. The van der Waals surface area contributed by atoms with Gasteiger partial charge in [-0.25, -0.2) is 0 Å². The molecule has 0 saturated heterocycles. The number of rotatable bonds is 2. The van der Waals surface area contributed by atoms with Crippen LogP contribution in [0.2, 0.25) is 0 Å². The lowest BCUT2D eigenvalue weighted by Gasteiger charge is -2.08. The van der Waals surface area contributed by atoms with Crippen LogP contribution in [0.1, 0.15) is 38.1 Å². The highest BCUT2D eigenvalue weighted by Crippen LogP contribution is 2.18. The van der Waals surface area contributed by atoms with Crippen molar-refractivity contribution in [2.45, 2.75) is 40.2 Å². The summed E-state index contributed by atoms with van der Waals surface area (Å²) in [5, 5.41) is 0. The Morgan fingerprint density at radius 1 is 1.33 bits per heavy atom. The minimum atomic E-state index is 0.558. The summed E-state index contributed by atoms with van der Waals surface area (Å²) in [6.45, 7) is 9.88. The predicted molar refractivity (Wildman–Crippen MR) is 62.1 cm³/mol. The van der Waals surface area contributed by atoms with E-state index in [2.05, 4.69) is 61.2 Å². The number of hydrogen-bond donors (Lipinski definition) is 0. The predicted octanol–water partition coefficient (Wildman–Crippen LogP) is 2.68. The monoisotopic (exact) mass is 203 g/mol. The number of nitrogens with zero attached hydrogens (tertiary/aromatic N) is 2. The van der Waals surface area contributed by atoms with Crippen molar-refractivity contribution in [1.82, 2.24) is 4.40 Å². The topological polar surface area (TPSA) is 8.29 Å². The molecule has 2 heterocycles. The van der Waals surface area contributed by atoms with Crippen molar-refractivity contribution >= 4 is 5.52 Å². The molecule has 0 aliphatic heterocycles. The highest BCUT2D eigenvalue weighted by molar-refractivity contribution is 5.53. The standard InChI is InChI=1S/C13H19N2/c1-5-14-8-9-15-11(4)6-7-12(15)13(14)10(2)3/h6-10H,5H2,1-4H3/q+1. The molecule has 0 aliphatic carbocycles. The van der Waals surface area contributed by atoms with Gasteiger partial charge in [-0.05, 0) is 26.0 Å². The molecular weight excluding hydrogens is 184 g/mol. The molecule has 0 aromatic carbocycles. The number of aromatic nitrogens is 2. The van der Waals surface area contributed by atoms with Crippen LogP contribution in [0.25, 0.3) is 5.52 Å². The van der Waals surface area contributed by atoms with Crippen LogP contribution in [0.15, 0.2) is 24.5 Å². The molecule has 15 heavy (non-hydrogen) atoms. The third-order valence-electron chi connectivity index (χ3n) is 2.98. The Bertz CT molecular complexity index is 480. The first-order chi connectivity index (χ1) is 7.15. The summed E-state index contributed by atoms with van der Waals surface area (Å²) in [5.41, 5.74) is 4.06. The molecule has 2 rings (SSSR count). The van der Waals surface area contributed by atoms with E-state index in [-0.39, 0.29) is 0 Å². The van der Waals surface area contributed by atoms with Crippen LogP contribution in [-0.2, 0) is 6.54 Å². The van der Waals surface area contributed by atoms with E-state index in [1.165, 1.54) is 16.9 Å². The van der Waals surface area contributed by atoms with Crippen LogP contribution in [0.3, 0.4) is 0 Å². The van der Waals surface area contributed by atoms with Gasteiger partial charge >= 0.3 is 0 Å². The van der Waals surface area contributed by atoms with Crippen molar-refractivity contribution in [1.29, 1.82) is 0 Å². The molecule has 0 spiro atoms. The molecule has 0 atom stereocenters. The van der Waals surface area contributed by atoms with Crippen LogP contribution < -0.4 is 4.57 Å². The van der Waals surface area contributed by atoms with Gasteiger partial charge in [-0.15, -0.1) is 0 Å². The summed E-state index contributed by atoms with van der Waals surface area (Å²) in [5.74, 6) is 0.558. The Balaban J connectivity index is 2.79. The summed E-state index contributed by atoms with van der Waals surface area (Å²) >= 11 is 0. The maximum absolute atomic E-state index is 2.33. The molecule has 80 valence electrons. The molecule has 0 saturated carbocycles. The molecule has 0 N–H and O–H groups in total. The zero-order valence-corrected chi connectivity index (χ0v) is 9.99. The fourth-order valence-corrected chi connectivity index (χ4v) is 2.23. The molecule has 2 nitrogen and oxygen atoms in total. The van der Waals surface area contributed by atoms with Crippen LogP contribution >= 0.6 is 0 Å². The van der Waals surface area contributed by atoms with Gasteiger partial charge in [0.2, 0.25) is 5.69 Å². The second kappa shape index (κ2) is 3.69. The van der Waals surface area contributed by atoms with Gasteiger partial charge in [0.05, 0.1) is 6.20 Å². The second-order valence-electron chi connectivity index (χ2n) is 4.35. The Morgan fingerprint density at radius 3 is 2.67 bits per heavy atom. The number of hydrogen-bond acceptors (Lipinski definition) is 0. The van der Waals surface area contributed by atoms with Gasteiger partial charge < -0.3 is 4.40 Å². The fraction of sp³-hybridized carbons (Fsp3) is 0.462. The number of fused-ring (bicyclic) bond motifs is 1. The average Bonchev–Trinajstić information content (AvgIpc) is 2.58. The lowest BCUT2D eigenvalue weighted by molar-refractivity contribution is -0.701. The largest absolute Gasteiger partial charge is 0.310 e. The first kappa shape index (κ1) is 10.2. The zero-order chi connectivity index (χ0) is 11.0.